The van der Waals surface area contributed by atoms with Crippen molar-refractivity contribution in [2.45, 2.75) is 26.1 Å². The second-order valence-corrected chi connectivity index (χ2v) is 4.40. The van der Waals surface area contributed by atoms with Gasteiger partial charge in [-0.15, -0.1) is 0 Å². The van der Waals surface area contributed by atoms with Crippen molar-refractivity contribution >= 4 is 18.2 Å². The molecule has 0 heterocycles. The highest BCUT2D eigenvalue weighted by atomic mass is 35.7. The molecule has 0 aromatic heterocycles. The fourth-order valence-electron chi connectivity index (χ4n) is 0.293. The molecule has 0 rings (SSSR count). The highest BCUT2D eigenvalue weighted by Gasteiger charge is 2.21. The van der Waals surface area contributed by atoms with Gasteiger partial charge in [0.15, 0.2) is 0 Å². The summed E-state index contributed by atoms with van der Waals surface area (Å²) < 4.78 is 14.6. The van der Waals surface area contributed by atoms with Crippen LogP contribution in [-0.2, 0) is 9.09 Å². The quantitative estimate of drug-likeness (QED) is 0.651. The Labute approximate surface area is 64.1 Å². The molecular formula is C4H10ClO4P. The molecule has 3 unspecified atom stereocenters. The Morgan fingerprint density at radius 2 is 2.00 bits per heavy atom. The first-order valence-corrected chi connectivity index (χ1v) is 5.20. The van der Waals surface area contributed by atoms with E-state index in [2.05, 4.69) is 4.52 Å². The summed E-state index contributed by atoms with van der Waals surface area (Å²) in [4.78, 5) is 8.42. The second-order valence-electron chi connectivity index (χ2n) is 2.00. The van der Waals surface area contributed by atoms with Crippen LogP contribution in [0.1, 0.15) is 13.8 Å². The van der Waals surface area contributed by atoms with Crippen molar-refractivity contribution < 1.29 is 19.1 Å². The molecule has 0 aliphatic heterocycles. The first-order valence-electron chi connectivity index (χ1n) is 2.72. The van der Waals surface area contributed by atoms with E-state index in [1.807, 2.05) is 0 Å². The van der Waals surface area contributed by atoms with E-state index in [0.29, 0.717) is 0 Å². The molecule has 10 heavy (non-hydrogen) atoms. The Morgan fingerprint density at radius 3 is 2.10 bits per heavy atom. The minimum atomic E-state index is -3.96. The summed E-state index contributed by atoms with van der Waals surface area (Å²) in [7, 11) is 0. The molecular weight excluding hydrogens is 178 g/mol. The summed E-state index contributed by atoms with van der Waals surface area (Å²) in [6, 6.07) is 0. The van der Waals surface area contributed by atoms with Crippen LogP contribution in [-0.4, -0.2) is 22.2 Å². The van der Waals surface area contributed by atoms with E-state index in [1.54, 1.807) is 0 Å². The Bertz CT molecular complexity index is 142. The van der Waals surface area contributed by atoms with E-state index in [9.17, 15) is 4.57 Å². The summed E-state index contributed by atoms with van der Waals surface area (Å²) in [5.74, 6) is 0. The van der Waals surface area contributed by atoms with Gasteiger partial charge in [-0.2, -0.15) is 0 Å². The van der Waals surface area contributed by atoms with Crippen LogP contribution in [0.2, 0.25) is 0 Å². The number of rotatable bonds is 3. The second kappa shape index (κ2) is 3.69. The summed E-state index contributed by atoms with van der Waals surface area (Å²) in [6.45, 7) is -1.07. The average molecular weight is 189 g/mol. The number of hydrogen-bond donors (Lipinski definition) is 2. The average Bonchev–Trinajstić information content (AvgIpc) is 1.60. The summed E-state index contributed by atoms with van der Waals surface area (Å²) in [5, 5.41) is 8.77. The van der Waals surface area contributed by atoms with E-state index >= 15 is 0 Å². The highest BCUT2D eigenvalue weighted by molar-refractivity contribution is 7.80. The zero-order chi connectivity index (χ0) is 8.36. The maximum Gasteiger partial charge on any atom is 0.421 e. The van der Waals surface area contributed by atoms with Crippen molar-refractivity contribution in [3.8, 4) is 0 Å². The van der Waals surface area contributed by atoms with Crippen LogP contribution in [0, 0.1) is 0 Å². The molecule has 0 aromatic rings. The molecule has 0 fully saturated rings. The van der Waals surface area contributed by atoms with Gasteiger partial charge in [0.2, 0.25) is 0 Å². The third kappa shape index (κ3) is 5.21. The Hall–Kier alpha value is 0.400. The Morgan fingerprint density at radius 1 is 1.60 bits per heavy atom. The van der Waals surface area contributed by atoms with Gasteiger partial charge in [-0.1, -0.05) is 0 Å². The fourth-order valence-corrected chi connectivity index (χ4v) is 1.26. The molecule has 0 aromatic carbocycles. The maximum absolute atomic E-state index is 10.3. The third-order valence-corrected chi connectivity index (χ3v) is 1.81. The van der Waals surface area contributed by atoms with Crippen LogP contribution in [0.5, 0.6) is 0 Å². The summed E-state index contributed by atoms with van der Waals surface area (Å²) in [5.41, 5.74) is 0. The molecule has 0 saturated carbocycles. The van der Waals surface area contributed by atoms with E-state index in [-0.39, 0.29) is 0 Å². The molecule has 0 amide bonds. The van der Waals surface area contributed by atoms with E-state index in [4.69, 9.17) is 21.2 Å². The van der Waals surface area contributed by atoms with Crippen LogP contribution < -0.4 is 0 Å². The van der Waals surface area contributed by atoms with E-state index in [0.717, 1.165) is 0 Å². The van der Waals surface area contributed by atoms with Crippen molar-refractivity contribution in [1.29, 1.82) is 0 Å². The largest absolute Gasteiger partial charge is 0.421 e. The van der Waals surface area contributed by atoms with Crippen molar-refractivity contribution in [1.82, 2.24) is 0 Å². The summed E-state index contributed by atoms with van der Waals surface area (Å²) in [6.07, 6.45) is -1.53. The minimum Gasteiger partial charge on any atom is -0.391 e. The fraction of sp³-hybridized carbons (Fsp3) is 1.00. The molecule has 6 heteroatoms. The van der Waals surface area contributed by atoms with Crippen LogP contribution in [0.4, 0.5) is 0 Å². The molecule has 2 N–H and O–H groups in total. The van der Waals surface area contributed by atoms with Gasteiger partial charge in [-0.05, 0) is 13.8 Å². The topological polar surface area (TPSA) is 66.8 Å². The number of halogens is 1. The first kappa shape index (κ1) is 10.4. The lowest BCUT2D eigenvalue weighted by molar-refractivity contribution is 0.0561. The van der Waals surface area contributed by atoms with Crippen LogP contribution in [0.3, 0.4) is 0 Å². The monoisotopic (exact) mass is 188 g/mol. The van der Waals surface area contributed by atoms with Gasteiger partial charge in [0, 0.05) is 11.2 Å². The molecule has 0 aliphatic rings. The standard InChI is InChI=1S/C4H10ClO4P/c1-3(6)4(2)9-10(5,7)8/h3-4,6H,1-2H3,(H,7,8). The lowest BCUT2D eigenvalue weighted by Crippen LogP contribution is -2.20. The molecule has 0 spiro atoms. The normalized spacial score (nSPS) is 23.3. The zero-order valence-electron chi connectivity index (χ0n) is 5.69. The molecule has 3 atom stereocenters. The molecule has 0 bridgehead atoms. The van der Waals surface area contributed by atoms with Crippen molar-refractivity contribution in [2.24, 2.45) is 0 Å². The van der Waals surface area contributed by atoms with E-state index < -0.39 is 19.2 Å². The van der Waals surface area contributed by atoms with Crippen LogP contribution in [0.15, 0.2) is 0 Å². The van der Waals surface area contributed by atoms with Crippen LogP contribution in [0.25, 0.3) is 0 Å². The smallest absolute Gasteiger partial charge is 0.391 e. The maximum atomic E-state index is 10.3. The SMILES string of the molecule is CC(O)C(C)OP(=O)(O)Cl. The Kier molecular flexibility index (Phi) is 3.84. The van der Waals surface area contributed by atoms with Crippen LogP contribution >= 0.6 is 18.2 Å². The lowest BCUT2D eigenvalue weighted by atomic mass is 10.3. The molecule has 0 radical (unpaired) electrons. The van der Waals surface area contributed by atoms with Gasteiger partial charge in [0.1, 0.15) is 0 Å². The molecule has 62 valence electrons. The predicted molar refractivity (Wildman–Crippen MR) is 37.9 cm³/mol. The van der Waals surface area contributed by atoms with E-state index in [1.165, 1.54) is 13.8 Å². The van der Waals surface area contributed by atoms with Gasteiger partial charge in [0.05, 0.1) is 12.2 Å². The Balaban J connectivity index is 3.80. The van der Waals surface area contributed by atoms with Gasteiger partial charge in [-0.25, -0.2) is 4.57 Å². The zero-order valence-corrected chi connectivity index (χ0v) is 7.34. The predicted octanol–water partition coefficient (Wildman–Crippen LogP) is 1.11. The molecule has 0 saturated heterocycles. The molecule has 0 aliphatic carbocycles. The molecule has 4 nitrogen and oxygen atoms in total. The van der Waals surface area contributed by atoms with Gasteiger partial charge < -0.3 is 10.00 Å². The highest BCUT2D eigenvalue weighted by Crippen LogP contribution is 2.48. The van der Waals surface area contributed by atoms with Gasteiger partial charge in [-0.3, -0.25) is 4.52 Å². The van der Waals surface area contributed by atoms with Gasteiger partial charge >= 0.3 is 6.95 Å². The number of aliphatic hydroxyl groups is 1. The number of aliphatic hydroxyl groups excluding tert-OH is 1. The lowest BCUT2D eigenvalue weighted by Gasteiger charge is -2.15. The van der Waals surface area contributed by atoms with Crippen molar-refractivity contribution in [3.05, 3.63) is 0 Å². The third-order valence-electron chi connectivity index (χ3n) is 0.976. The summed E-state index contributed by atoms with van der Waals surface area (Å²) >= 11 is 4.85. The van der Waals surface area contributed by atoms with Crippen molar-refractivity contribution in [3.63, 3.8) is 0 Å². The first-order chi connectivity index (χ1) is 4.33. The minimum absolute atomic E-state index is 0.728. The van der Waals surface area contributed by atoms with Crippen molar-refractivity contribution in [2.75, 3.05) is 0 Å². The number of hydrogen-bond acceptors (Lipinski definition) is 3. The van der Waals surface area contributed by atoms with Gasteiger partial charge in [0.25, 0.3) is 0 Å².